The Bertz CT molecular complexity index is 694. The van der Waals surface area contributed by atoms with Crippen molar-refractivity contribution in [3.05, 3.63) is 52.2 Å². The van der Waals surface area contributed by atoms with Gasteiger partial charge in [-0.2, -0.15) is 0 Å². The van der Waals surface area contributed by atoms with Crippen LogP contribution in [-0.2, 0) is 6.42 Å². The quantitative estimate of drug-likeness (QED) is 0.921. The highest BCUT2D eigenvalue weighted by atomic mass is 32.1. The lowest BCUT2D eigenvalue weighted by Gasteiger charge is -2.28. The SMILES string of the molecule is O=C(NCC(c1cccs1)N1CCCC1)N1CCc2ccccc21. The zero-order chi connectivity index (χ0) is 16.4. The van der Waals surface area contributed by atoms with Gasteiger partial charge in [0.2, 0.25) is 0 Å². The van der Waals surface area contributed by atoms with E-state index in [1.807, 2.05) is 23.1 Å². The number of fused-ring (bicyclic) bond motifs is 1. The van der Waals surface area contributed by atoms with E-state index >= 15 is 0 Å². The number of carbonyl (C=O) groups excluding carboxylic acids is 1. The molecule has 1 unspecified atom stereocenters. The fourth-order valence-electron chi connectivity index (χ4n) is 3.77. The molecule has 4 rings (SSSR count). The van der Waals surface area contributed by atoms with Crippen molar-refractivity contribution >= 4 is 23.1 Å². The Balaban J connectivity index is 1.44. The van der Waals surface area contributed by atoms with Gasteiger partial charge in [0.05, 0.1) is 6.04 Å². The minimum Gasteiger partial charge on any atom is -0.336 e. The summed E-state index contributed by atoms with van der Waals surface area (Å²) in [6.07, 6.45) is 3.47. The second-order valence-electron chi connectivity index (χ2n) is 6.49. The van der Waals surface area contributed by atoms with Crippen LogP contribution in [0.25, 0.3) is 0 Å². The molecule has 1 saturated heterocycles. The molecule has 1 fully saturated rings. The monoisotopic (exact) mass is 341 g/mol. The third kappa shape index (κ3) is 3.06. The van der Waals surface area contributed by atoms with Crippen LogP contribution in [0.5, 0.6) is 0 Å². The maximum absolute atomic E-state index is 12.7. The van der Waals surface area contributed by atoms with E-state index in [9.17, 15) is 4.79 Å². The number of hydrogen-bond acceptors (Lipinski definition) is 3. The van der Waals surface area contributed by atoms with Crippen molar-refractivity contribution < 1.29 is 4.79 Å². The Kier molecular flexibility index (Phi) is 4.54. The number of thiophene rings is 1. The van der Waals surface area contributed by atoms with Crippen molar-refractivity contribution in [3.63, 3.8) is 0 Å². The number of nitrogens with one attached hydrogen (secondary N) is 1. The van der Waals surface area contributed by atoms with E-state index < -0.39 is 0 Å². The normalized spacial score (nSPS) is 18.6. The van der Waals surface area contributed by atoms with Gasteiger partial charge in [-0.1, -0.05) is 24.3 Å². The fraction of sp³-hybridized carbons (Fsp3) is 0.421. The molecule has 2 aromatic rings. The molecular weight excluding hydrogens is 318 g/mol. The van der Waals surface area contributed by atoms with Crippen molar-refractivity contribution in [2.75, 3.05) is 31.1 Å². The molecule has 1 aromatic carbocycles. The van der Waals surface area contributed by atoms with Gasteiger partial charge < -0.3 is 5.32 Å². The third-order valence-electron chi connectivity index (χ3n) is 5.03. The number of carbonyl (C=O) groups is 1. The highest BCUT2D eigenvalue weighted by Gasteiger charge is 2.27. The fourth-order valence-corrected chi connectivity index (χ4v) is 4.63. The van der Waals surface area contributed by atoms with Gasteiger partial charge in [0.1, 0.15) is 0 Å². The summed E-state index contributed by atoms with van der Waals surface area (Å²) in [4.78, 5) is 18.4. The molecule has 1 N–H and O–H groups in total. The first-order valence-electron chi connectivity index (χ1n) is 8.73. The average molecular weight is 341 g/mol. The van der Waals surface area contributed by atoms with Crippen LogP contribution in [0.3, 0.4) is 0 Å². The summed E-state index contributed by atoms with van der Waals surface area (Å²) >= 11 is 1.78. The Morgan fingerprint density at radius 2 is 1.96 bits per heavy atom. The van der Waals surface area contributed by atoms with Gasteiger partial charge in [0.25, 0.3) is 0 Å². The second-order valence-corrected chi connectivity index (χ2v) is 7.47. The second kappa shape index (κ2) is 6.95. The number of likely N-dealkylation sites (tertiary alicyclic amines) is 1. The van der Waals surface area contributed by atoms with Crippen LogP contribution in [0.15, 0.2) is 41.8 Å². The number of hydrogen-bond donors (Lipinski definition) is 1. The molecule has 1 aromatic heterocycles. The Morgan fingerprint density at radius 1 is 1.12 bits per heavy atom. The first-order chi connectivity index (χ1) is 11.8. The van der Waals surface area contributed by atoms with E-state index in [2.05, 4.69) is 33.8 Å². The lowest BCUT2D eigenvalue weighted by Crippen LogP contribution is -2.43. The molecule has 0 bridgehead atoms. The van der Waals surface area contributed by atoms with Gasteiger partial charge in [0, 0.05) is 23.7 Å². The summed E-state index contributed by atoms with van der Waals surface area (Å²) in [5, 5.41) is 5.30. The van der Waals surface area contributed by atoms with Crippen LogP contribution in [0.1, 0.15) is 29.3 Å². The summed E-state index contributed by atoms with van der Waals surface area (Å²) < 4.78 is 0. The van der Waals surface area contributed by atoms with Gasteiger partial charge in [-0.05, 0) is 55.4 Å². The molecular formula is C19H23N3OS. The van der Waals surface area contributed by atoms with E-state index in [1.165, 1.54) is 23.3 Å². The molecule has 24 heavy (non-hydrogen) atoms. The average Bonchev–Trinajstić information content (AvgIpc) is 3.36. The van der Waals surface area contributed by atoms with Crippen LogP contribution < -0.4 is 10.2 Å². The molecule has 1 atom stereocenters. The molecule has 5 heteroatoms. The first-order valence-corrected chi connectivity index (χ1v) is 9.61. The van der Waals surface area contributed by atoms with Gasteiger partial charge in [0.15, 0.2) is 0 Å². The van der Waals surface area contributed by atoms with E-state index in [4.69, 9.17) is 0 Å². The van der Waals surface area contributed by atoms with Crippen LogP contribution in [-0.4, -0.2) is 37.1 Å². The maximum atomic E-state index is 12.7. The minimum atomic E-state index is 0.0284. The zero-order valence-corrected chi connectivity index (χ0v) is 14.6. The van der Waals surface area contributed by atoms with E-state index in [1.54, 1.807) is 11.3 Å². The molecule has 2 aliphatic rings. The Morgan fingerprint density at radius 3 is 2.75 bits per heavy atom. The summed E-state index contributed by atoms with van der Waals surface area (Å²) in [7, 11) is 0. The summed E-state index contributed by atoms with van der Waals surface area (Å²) in [6, 6.07) is 12.8. The third-order valence-corrected chi connectivity index (χ3v) is 6.01. The molecule has 126 valence electrons. The lowest BCUT2D eigenvalue weighted by molar-refractivity contribution is 0.226. The van der Waals surface area contributed by atoms with Gasteiger partial charge in [-0.25, -0.2) is 4.79 Å². The standard InChI is InChI=1S/C19H23N3OS/c23-19(22-12-9-15-6-1-2-7-16(15)22)20-14-17(18-8-5-13-24-18)21-10-3-4-11-21/h1-2,5-8,13,17H,3-4,9-12,14H2,(H,20,23). The van der Waals surface area contributed by atoms with Crippen molar-refractivity contribution in [1.29, 1.82) is 0 Å². The molecule has 0 spiro atoms. The van der Waals surface area contributed by atoms with Gasteiger partial charge >= 0.3 is 6.03 Å². The van der Waals surface area contributed by atoms with Gasteiger partial charge in [-0.3, -0.25) is 9.80 Å². The zero-order valence-electron chi connectivity index (χ0n) is 13.8. The number of amides is 2. The smallest absolute Gasteiger partial charge is 0.321 e. The van der Waals surface area contributed by atoms with Crippen molar-refractivity contribution in [2.24, 2.45) is 0 Å². The summed E-state index contributed by atoms with van der Waals surface area (Å²) in [5.41, 5.74) is 2.32. The van der Waals surface area contributed by atoms with Crippen molar-refractivity contribution in [3.8, 4) is 0 Å². The highest BCUT2D eigenvalue weighted by Crippen LogP contribution is 2.29. The van der Waals surface area contributed by atoms with Crippen LogP contribution in [0.4, 0.5) is 10.5 Å². The predicted molar refractivity (Wildman–Crippen MR) is 98.8 cm³/mol. The van der Waals surface area contributed by atoms with Gasteiger partial charge in [-0.15, -0.1) is 11.3 Å². The minimum absolute atomic E-state index is 0.0284. The first kappa shape index (κ1) is 15.7. The number of para-hydroxylation sites is 1. The molecule has 0 saturated carbocycles. The summed E-state index contributed by atoms with van der Waals surface area (Å²) in [6.45, 7) is 3.71. The largest absolute Gasteiger partial charge is 0.336 e. The molecule has 0 radical (unpaired) electrons. The number of rotatable bonds is 4. The molecule has 3 heterocycles. The topological polar surface area (TPSA) is 35.6 Å². The van der Waals surface area contributed by atoms with E-state index in [-0.39, 0.29) is 6.03 Å². The molecule has 2 aliphatic heterocycles. The Hall–Kier alpha value is -1.85. The van der Waals surface area contributed by atoms with Crippen molar-refractivity contribution in [2.45, 2.75) is 25.3 Å². The number of urea groups is 1. The number of anilines is 1. The van der Waals surface area contributed by atoms with E-state index in [0.29, 0.717) is 12.6 Å². The lowest BCUT2D eigenvalue weighted by atomic mass is 10.2. The van der Waals surface area contributed by atoms with Crippen LogP contribution in [0, 0.1) is 0 Å². The molecule has 4 nitrogen and oxygen atoms in total. The number of benzene rings is 1. The molecule has 0 aliphatic carbocycles. The predicted octanol–water partition coefficient (Wildman–Crippen LogP) is 3.66. The number of nitrogens with zero attached hydrogens (tertiary/aromatic N) is 2. The van der Waals surface area contributed by atoms with E-state index in [0.717, 1.165) is 31.7 Å². The summed E-state index contributed by atoms with van der Waals surface area (Å²) in [5.74, 6) is 0. The van der Waals surface area contributed by atoms with Crippen molar-refractivity contribution in [1.82, 2.24) is 10.2 Å². The maximum Gasteiger partial charge on any atom is 0.321 e. The van der Waals surface area contributed by atoms with Crippen LogP contribution >= 0.6 is 11.3 Å². The van der Waals surface area contributed by atoms with Crippen LogP contribution in [0.2, 0.25) is 0 Å². The highest BCUT2D eigenvalue weighted by molar-refractivity contribution is 7.10. The molecule has 2 amide bonds. The Labute approximate surface area is 147 Å².